The van der Waals surface area contributed by atoms with Gasteiger partial charge in [-0.1, -0.05) is 30.3 Å². The van der Waals surface area contributed by atoms with E-state index in [2.05, 4.69) is 22.4 Å². The van der Waals surface area contributed by atoms with E-state index in [0.29, 0.717) is 5.82 Å². The molecule has 1 aliphatic carbocycles. The number of benzene rings is 1. The van der Waals surface area contributed by atoms with Gasteiger partial charge in [0.1, 0.15) is 12.4 Å². The van der Waals surface area contributed by atoms with Gasteiger partial charge < -0.3 is 10.1 Å². The Morgan fingerprint density at radius 3 is 2.81 bits per heavy atom. The second-order valence-corrected chi connectivity index (χ2v) is 5.67. The van der Waals surface area contributed by atoms with E-state index in [4.69, 9.17) is 4.74 Å². The van der Waals surface area contributed by atoms with Gasteiger partial charge in [-0.2, -0.15) is 5.10 Å². The molecule has 1 fully saturated rings. The third-order valence-corrected chi connectivity index (χ3v) is 3.95. The van der Waals surface area contributed by atoms with Crippen molar-refractivity contribution in [3.63, 3.8) is 0 Å². The highest BCUT2D eigenvalue weighted by Gasteiger charge is 2.33. The van der Waals surface area contributed by atoms with E-state index in [1.54, 1.807) is 6.20 Å². The number of hydrogen-bond donors (Lipinski definition) is 2. The fourth-order valence-electron chi connectivity index (χ4n) is 2.45. The molecular formula is C16H19N3O2. The summed E-state index contributed by atoms with van der Waals surface area (Å²) >= 11 is 0. The summed E-state index contributed by atoms with van der Waals surface area (Å²) in [4.78, 5) is 12.0. The number of carbonyl (C=O) groups excluding carboxylic acids is 1. The van der Waals surface area contributed by atoms with Crippen LogP contribution in [-0.2, 0) is 9.53 Å². The summed E-state index contributed by atoms with van der Waals surface area (Å²) in [5.74, 6) is 0.443. The van der Waals surface area contributed by atoms with Crippen molar-refractivity contribution in [2.75, 3.05) is 11.9 Å². The minimum absolute atomic E-state index is 0.0732. The maximum absolute atomic E-state index is 12.0. The average Bonchev–Trinajstić information content (AvgIpc) is 2.92. The number of nitrogens with zero attached hydrogens (tertiary/aromatic N) is 1. The van der Waals surface area contributed by atoms with E-state index in [1.165, 1.54) is 6.42 Å². The molecule has 0 spiro atoms. The fraction of sp³-hybridized carbons (Fsp3) is 0.375. The van der Waals surface area contributed by atoms with Gasteiger partial charge in [-0.25, -0.2) is 0 Å². The Morgan fingerprint density at radius 2 is 2.14 bits per heavy atom. The summed E-state index contributed by atoms with van der Waals surface area (Å²) in [6.45, 7) is 2.12. The minimum atomic E-state index is -0.162. The maximum Gasteiger partial charge on any atom is 0.251 e. The number of hydrogen-bond acceptors (Lipinski definition) is 3. The molecule has 1 saturated carbocycles. The molecule has 3 rings (SSSR count). The molecule has 2 aromatic rings. The van der Waals surface area contributed by atoms with Crippen LogP contribution in [0.2, 0.25) is 0 Å². The molecule has 1 amide bonds. The molecule has 1 aliphatic rings. The van der Waals surface area contributed by atoms with Crippen LogP contribution in [0.4, 0.5) is 5.82 Å². The summed E-state index contributed by atoms with van der Waals surface area (Å²) < 4.78 is 5.68. The molecule has 110 valence electrons. The van der Waals surface area contributed by atoms with Crippen molar-refractivity contribution in [1.82, 2.24) is 10.2 Å². The fourth-order valence-corrected chi connectivity index (χ4v) is 2.45. The number of aromatic nitrogens is 2. The molecule has 0 atom stereocenters. The van der Waals surface area contributed by atoms with Gasteiger partial charge >= 0.3 is 0 Å². The van der Waals surface area contributed by atoms with Crippen LogP contribution in [-0.4, -0.2) is 28.3 Å². The Balaban J connectivity index is 1.63. The van der Waals surface area contributed by atoms with Crippen molar-refractivity contribution in [1.29, 1.82) is 0 Å². The van der Waals surface area contributed by atoms with Gasteiger partial charge in [0.05, 0.1) is 11.8 Å². The predicted molar refractivity (Wildman–Crippen MR) is 80.9 cm³/mol. The van der Waals surface area contributed by atoms with Gasteiger partial charge in [0.2, 0.25) is 0 Å². The molecule has 0 saturated heterocycles. The van der Waals surface area contributed by atoms with E-state index in [-0.39, 0.29) is 18.1 Å². The zero-order valence-electron chi connectivity index (χ0n) is 12.1. The smallest absolute Gasteiger partial charge is 0.251 e. The first-order valence-corrected chi connectivity index (χ1v) is 7.19. The third-order valence-electron chi connectivity index (χ3n) is 3.95. The van der Waals surface area contributed by atoms with Gasteiger partial charge in [0, 0.05) is 5.56 Å². The number of ether oxygens (including phenoxy) is 1. The molecule has 1 aromatic carbocycles. The number of carbonyl (C=O) groups is 1. The van der Waals surface area contributed by atoms with Gasteiger partial charge in [0.15, 0.2) is 0 Å². The van der Waals surface area contributed by atoms with Gasteiger partial charge in [-0.05, 0) is 31.7 Å². The average molecular weight is 285 g/mol. The molecule has 1 heterocycles. The summed E-state index contributed by atoms with van der Waals surface area (Å²) in [5, 5.41) is 9.66. The van der Waals surface area contributed by atoms with Crippen molar-refractivity contribution >= 4 is 11.7 Å². The van der Waals surface area contributed by atoms with Crippen molar-refractivity contribution in [3.8, 4) is 11.1 Å². The van der Waals surface area contributed by atoms with Crippen LogP contribution in [0.15, 0.2) is 36.5 Å². The van der Waals surface area contributed by atoms with Crippen LogP contribution < -0.4 is 5.32 Å². The van der Waals surface area contributed by atoms with E-state index >= 15 is 0 Å². The van der Waals surface area contributed by atoms with Crippen LogP contribution in [0.1, 0.15) is 26.2 Å². The molecule has 1 aromatic heterocycles. The largest absolute Gasteiger partial charge is 0.365 e. The van der Waals surface area contributed by atoms with Crippen LogP contribution in [0, 0.1) is 0 Å². The van der Waals surface area contributed by atoms with Crippen LogP contribution >= 0.6 is 0 Å². The number of nitrogens with one attached hydrogen (secondary N) is 2. The number of aromatic amines is 1. The van der Waals surface area contributed by atoms with Crippen molar-refractivity contribution in [2.24, 2.45) is 0 Å². The second-order valence-electron chi connectivity index (χ2n) is 5.67. The highest BCUT2D eigenvalue weighted by Crippen LogP contribution is 2.34. The molecule has 5 heteroatoms. The van der Waals surface area contributed by atoms with Gasteiger partial charge in [-0.3, -0.25) is 9.89 Å². The first kappa shape index (κ1) is 13.8. The summed E-state index contributed by atoms with van der Waals surface area (Å²) in [6.07, 6.45) is 4.94. The van der Waals surface area contributed by atoms with Crippen LogP contribution in [0.3, 0.4) is 0 Å². The van der Waals surface area contributed by atoms with Crippen molar-refractivity contribution in [2.45, 2.75) is 31.8 Å². The Bertz CT molecular complexity index is 617. The molecule has 0 radical (unpaired) electrons. The van der Waals surface area contributed by atoms with Gasteiger partial charge in [0.25, 0.3) is 5.91 Å². The Morgan fingerprint density at radius 1 is 1.38 bits per heavy atom. The zero-order valence-corrected chi connectivity index (χ0v) is 12.1. The Labute approximate surface area is 123 Å². The highest BCUT2D eigenvalue weighted by atomic mass is 16.5. The van der Waals surface area contributed by atoms with E-state index in [9.17, 15) is 4.79 Å². The lowest BCUT2D eigenvalue weighted by atomic mass is 9.82. The van der Waals surface area contributed by atoms with Crippen molar-refractivity contribution in [3.05, 3.63) is 36.5 Å². The molecule has 0 unspecified atom stereocenters. The van der Waals surface area contributed by atoms with Crippen LogP contribution in [0.5, 0.6) is 0 Å². The van der Waals surface area contributed by atoms with Crippen LogP contribution in [0.25, 0.3) is 11.1 Å². The summed E-state index contributed by atoms with van der Waals surface area (Å²) in [7, 11) is 0. The van der Waals surface area contributed by atoms with Crippen molar-refractivity contribution < 1.29 is 9.53 Å². The summed E-state index contributed by atoms with van der Waals surface area (Å²) in [6, 6.07) is 9.82. The topological polar surface area (TPSA) is 67.0 Å². The van der Waals surface area contributed by atoms with E-state index in [0.717, 1.165) is 24.0 Å². The molecule has 21 heavy (non-hydrogen) atoms. The Hall–Kier alpha value is -2.14. The molecular weight excluding hydrogens is 266 g/mol. The monoisotopic (exact) mass is 285 g/mol. The standard InChI is InChI=1S/C16H19N3O2/c1-16(8-5-9-16)21-11-14(20)18-15-13(10-17-19-15)12-6-3-2-4-7-12/h2-4,6-7,10H,5,8-9,11H2,1H3,(H2,17,18,19,20). The lowest BCUT2D eigenvalue weighted by molar-refractivity contribution is -0.134. The molecule has 0 bridgehead atoms. The lowest BCUT2D eigenvalue weighted by Gasteiger charge is -2.37. The highest BCUT2D eigenvalue weighted by molar-refractivity contribution is 5.94. The van der Waals surface area contributed by atoms with E-state index in [1.807, 2.05) is 30.3 Å². The second kappa shape index (κ2) is 5.69. The normalized spacial score (nSPS) is 16.2. The number of rotatable bonds is 5. The predicted octanol–water partition coefficient (Wildman–Crippen LogP) is 2.97. The molecule has 2 N–H and O–H groups in total. The molecule has 0 aliphatic heterocycles. The number of amides is 1. The number of anilines is 1. The number of H-pyrrole nitrogens is 1. The third kappa shape index (κ3) is 3.13. The maximum atomic E-state index is 12.0. The van der Waals surface area contributed by atoms with Gasteiger partial charge in [-0.15, -0.1) is 0 Å². The first-order chi connectivity index (χ1) is 10.2. The quantitative estimate of drug-likeness (QED) is 0.887. The molecule has 5 nitrogen and oxygen atoms in total. The lowest BCUT2D eigenvalue weighted by Crippen LogP contribution is -2.39. The first-order valence-electron chi connectivity index (χ1n) is 7.19. The minimum Gasteiger partial charge on any atom is -0.365 e. The van der Waals surface area contributed by atoms with E-state index < -0.39 is 0 Å². The summed E-state index contributed by atoms with van der Waals surface area (Å²) in [5.41, 5.74) is 1.76. The zero-order chi connectivity index (χ0) is 14.7. The Kier molecular flexibility index (Phi) is 3.75. The SMILES string of the molecule is CC1(OCC(=O)Nc2[nH]ncc2-c2ccccc2)CCC1.